The first-order chi connectivity index (χ1) is 13.8. The van der Waals surface area contributed by atoms with Gasteiger partial charge in [-0.25, -0.2) is 4.68 Å². The lowest BCUT2D eigenvalue weighted by atomic mass is 10.1. The van der Waals surface area contributed by atoms with Gasteiger partial charge in [0.15, 0.2) is 0 Å². The van der Waals surface area contributed by atoms with Gasteiger partial charge in [0, 0.05) is 30.4 Å². The van der Waals surface area contributed by atoms with Gasteiger partial charge >= 0.3 is 0 Å². The summed E-state index contributed by atoms with van der Waals surface area (Å²) in [5, 5.41) is 21.6. The molecule has 0 spiro atoms. The fourth-order valence-electron chi connectivity index (χ4n) is 3.20. The van der Waals surface area contributed by atoms with Crippen LogP contribution in [0.25, 0.3) is 5.69 Å². The number of rotatable bonds is 6. The second-order valence-electron chi connectivity index (χ2n) is 6.86. The van der Waals surface area contributed by atoms with Crippen LogP contribution in [0.15, 0.2) is 48.5 Å². The van der Waals surface area contributed by atoms with Crippen LogP contribution in [-0.2, 0) is 0 Å². The molecule has 150 valence electrons. The van der Waals surface area contributed by atoms with Crippen LogP contribution >= 0.6 is 0 Å². The molecule has 2 aromatic carbocycles. The van der Waals surface area contributed by atoms with Crippen LogP contribution in [-0.4, -0.2) is 27.7 Å². The van der Waals surface area contributed by atoms with E-state index in [-0.39, 0.29) is 23.2 Å². The van der Waals surface area contributed by atoms with Crippen molar-refractivity contribution in [1.82, 2.24) is 15.1 Å². The fraction of sp³-hybridized carbons (Fsp3) is 0.238. The van der Waals surface area contributed by atoms with E-state index in [1.165, 1.54) is 13.1 Å². The maximum atomic E-state index is 11.8. The van der Waals surface area contributed by atoms with E-state index in [0.29, 0.717) is 5.69 Å². The summed E-state index contributed by atoms with van der Waals surface area (Å²) in [6.45, 7) is 5.88. The first-order valence-corrected chi connectivity index (χ1v) is 9.21. The van der Waals surface area contributed by atoms with Crippen molar-refractivity contribution in [2.45, 2.75) is 26.8 Å². The third kappa shape index (κ3) is 4.26. The normalized spacial score (nSPS) is 11.7. The molecule has 8 heteroatoms. The number of nitrogens with zero attached hydrogens (tertiary/aromatic N) is 3. The molecular formula is C21H23N5O3. The summed E-state index contributed by atoms with van der Waals surface area (Å²) in [6, 6.07) is 14.1. The molecule has 8 nitrogen and oxygen atoms in total. The van der Waals surface area contributed by atoms with E-state index in [2.05, 4.69) is 15.7 Å². The Morgan fingerprint density at radius 3 is 2.38 bits per heavy atom. The van der Waals surface area contributed by atoms with Crippen molar-refractivity contribution in [3.63, 3.8) is 0 Å². The van der Waals surface area contributed by atoms with Gasteiger partial charge in [0.05, 0.1) is 16.3 Å². The van der Waals surface area contributed by atoms with E-state index >= 15 is 0 Å². The molecule has 0 saturated carbocycles. The van der Waals surface area contributed by atoms with E-state index in [9.17, 15) is 14.9 Å². The minimum absolute atomic E-state index is 0.141. The molecule has 0 radical (unpaired) electrons. The molecule has 1 heterocycles. The topological polar surface area (TPSA) is 102 Å². The summed E-state index contributed by atoms with van der Waals surface area (Å²) in [5.41, 5.74) is 4.39. The Balaban J connectivity index is 1.83. The smallest absolute Gasteiger partial charge is 0.293 e. The van der Waals surface area contributed by atoms with Gasteiger partial charge in [0.25, 0.3) is 11.6 Å². The van der Waals surface area contributed by atoms with E-state index < -0.39 is 4.92 Å². The van der Waals surface area contributed by atoms with Gasteiger partial charge < -0.3 is 10.6 Å². The maximum absolute atomic E-state index is 11.8. The molecule has 0 bridgehead atoms. The van der Waals surface area contributed by atoms with Crippen LogP contribution in [0.5, 0.6) is 0 Å². The zero-order valence-corrected chi connectivity index (χ0v) is 16.8. The highest BCUT2D eigenvalue weighted by molar-refractivity contribution is 5.95. The first kappa shape index (κ1) is 20.1. The summed E-state index contributed by atoms with van der Waals surface area (Å²) in [7, 11) is 1.48. The quantitative estimate of drug-likeness (QED) is 0.488. The monoisotopic (exact) mass is 393 g/mol. The van der Waals surface area contributed by atoms with Crippen molar-refractivity contribution in [3.8, 4) is 5.69 Å². The summed E-state index contributed by atoms with van der Waals surface area (Å²) in [6.07, 6.45) is 0. The Labute approximate surface area is 168 Å². The van der Waals surface area contributed by atoms with Crippen LogP contribution < -0.4 is 10.6 Å². The molecule has 0 aliphatic carbocycles. The molecule has 0 saturated heterocycles. The fourth-order valence-corrected chi connectivity index (χ4v) is 3.20. The van der Waals surface area contributed by atoms with Crippen molar-refractivity contribution in [2.75, 3.05) is 12.4 Å². The molecule has 29 heavy (non-hydrogen) atoms. The maximum Gasteiger partial charge on any atom is 0.293 e. The largest absolute Gasteiger partial charge is 0.373 e. The number of anilines is 1. The second-order valence-corrected chi connectivity index (χ2v) is 6.86. The second kappa shape index (κ2) is 8.14. The zero-order chi connectivity index (χ0) is 21.1. The zero-order valence-electron chi connectivity index (χ0n) is 16.8. The third-order valence-corrected chi connectivity index (χ3v) is 4.70. The number of amides is 1. The molecule has 0 unspecified atom stereocenters. The number of benzene rings is 2. The van der Waals surface area contributed by atoms with Crippen LogP contribution in [0, 0.1) is 24.0 Å². The average molecular weight is 393 g/mol. The highest BCUT2D eigenvalue weighted by atomic mass is 16.6. The summed E-state index contributed by atoms with van der Waals surface area (Å²) in [5.74, 6) is -0.368. The average Bonchev–Trinajstić information content (AvgIpc) is 3.05. The summed E-state index contributed by atoms with van der Waals surface area (Å²) in [4.78, 5) is 22.7. The van der Waals surface area contributed by atoms with E-state index in [1.807, 2.05) is 55.8 Å². The Morgan fingerprint density at radius 2 is 1.83 bits per heavy atom. The SMILES string of the molecule is CNC(=O)c1ccc(N[C@H](C)c2ccc(-n3nc(C)cc3C)cc2)c([N+](=O)[O-])c1. The van der Waals surface area contributed by atoms with Gasteiger partial charge in [-0.1, -0.05) is 12.1 Å². The van der Waals surface area contributed by atoms with E-state index in [0.717, 1.165) is 22.6 Å². The van der Waals surface area contributed by atoms with Crippen molar-refractivity contribution < 1.29 is 9.72 Å². The molecule has 2 N–H and O–H groups in total. The molecule has 0 fully saturated rings. The summed E-state index contributed by atoms with van der Waals surface area (Å²) < 4.78 is 1.87. The Hall–Kier alpha value is -3.68. The van der Waals surface area contributed by atoms with E-state index in [4.69, 9.17) is 0 Å². The van der Waals surface area contributed by atoms with Crippen LogP contribution in [0.1, 0.15) is 40.3 Å². The molecule has 3 aromatic rings. The van der Waals surface area contributed by atoms with Gasteiger partial charge in [-0.05, 0) is 56.7 Å². The minimum Gasteiger partial charge on any atom is -0.373 e. The highest BCUT2D eigenvalue weighted by Gasteiger charge is 2.19. The number of hydrogen-bond acceptors (Lipinski definition) is 5. The highest BCUT2D eigenvalue weighted by Crippen LogP contribution is 2.29. The van der Waals surface area contributed by atoms with Gasteiger partial charge in [0.1, 0.15) is 5.69 Å². The lowest BCUT2D eigenvalue weighted by Gasteiger charge is -2.17. The lowest BCUT2D eigenvalue weighted by Crippen LogP contribution is -2.18. The number of carbonyl (C=O) groups excluding carboxylic acids is 1. The molecule has 1 amide bonds. The predicted octanol–water partition coefficient (Wildman–Crippen LogP) is 3.93. The molecular weight excluding hydrogens is 370 g/mol. The number of hydrogen-bond donors (Lipinski definition) is 2. The van der Waals surface area contributed by atoms with Crippen molar-refractivity contribution >= 4 is 17.3 Å². The van der Waals surface area contributed by atoms with Gasteiger partial charge in [0.2, 0.25) is 0 Å². The molecule has 1 aromatic heterocycles. The number of aryl methyl sites for hydroxylation is 2. The standard InChI is InChI=1S/C21H23N5O3/c1-13-11-14(2)25(24-13)18-8-5-16(6-9-18)15(3)23-19-10-7-17(21(27)22-4)12-20(19)26(28)29/h5-12,15,23H,1-4H3,(H,22,27)/t15-/m1/s1. The third-order valence-electron chi connectivity index (χ3n) is 4.70. The van der Waals surface area contributed by atoms with Crippen LogP contribution in [0.3, 0.4) is 0 Å². The summed E-state index contributed by atoms with van der Waals surface area (Å²) >= 11 is 0. The molecule has 0 aliphatic heterocycles. The minimum atomic E-state index is -0.493. The lowest BCUT2D eigenvalue weighted by molar-refractivity contribution is -0.384. The molecule has 1 atom stereocenters. The molecule has 0 aliphatic rings. The number of nitro groups is 1. The Kier molecular flexibility index (Phi) is 5.63. The van der Waals surface area contributed by atoms with Crippen molar-refractivity contribution in [2.24, 2.45) is 0 Å². The first-order valence-electron chi connectivity index (χ1n) is 9.21. The van der Waals surface area contributed by atoms with Crippen molar-refractivity contribution in [3.05, 3.63) is 81.2 Å². The van der Waals surface area contributed by atoms with Crippen LogP contribution in [0.2, 0.25) is 0 Å². The number of nitrogens with one attached hydrogen (secondary N) is 2. The number of aromatic nitrogens is 2. The van der Waals surface area contributed by atoms with Gasteiger partial charge in [-0.15, -0.1) is 0 Å². The predicted molar refractivity (Wildman–Crippen MR) is 112 cm³/mol. The number of carbonyl (C=O) groups is 1. The molecule has 3 rings (SSSR count). The Bertz CT molecular complexity index is 1060. The Morgan fingerprint density at radius 1 is 1.14 bits per heavy atom. The van der Waals surface area contributed by atoms with Gasteiger partial charge in [-0.3, -0.25) is 14.9 Å². The van der Waals surface area contributed by atoms with Gasteiger partial charge in [-0.2, -0.15) is 5.10 Å². The number of nitro benzene ring substituents is 1. The van der Waals surface area contributed by atoms with Crippen LogP contribution in [0.4, 0.5) is 11.4 Å². The van der Waals surface area contributed by atoms with Crippen molar-refractivity contribution in [1.29, 1.82) is 0 Å². The van der Waals surface area contributed by atoms with E-state index in [1.54, 1.807) is 12.1 Å².